The third kappa shape index (κ3) is 3.42. The molecule has 2 heterocycles. The number of rotatable bonds is 5. The van der Waals surface area contributed by atoms with Gasteiger partial charge in [-0.1, -0.05) is 12.8 Å². The summed E-state index contributed by atoms with van der Waals surface area (Å²) in [6.07, 6.45) is 10.6. The maximum atomic E-state index is 12.8. The van der Waals surface area contributed by atoms with Crippen LogP contribution in [0.3, 0.4) is 0 Å². The highest BCUT2D eigenvalue weighted by atomic mass is 16.5. The molecule has 1 N–H and O–H groups in total. The molecule has 2 aliphatic heterocycles. The number of nitrogens with zero attached hydrogens (tertiary/aromatic N) is 1. The average Bonchev–Trinajstić information content (AvgIpc) is 3.20. The van der Waals surface area contributed by atoms with Crippen LogP contribution in [0.5, 0.6) is 0 Å². The lowest BCUT2D eigenvalue weighted by Crippen LogP contribution is -2.56. The molecule has 1 saturated carbocycles. The van der Waals surface area contributed by atoms with Crippen molar-refractivity contribution >= 4 is 5.91 Å². The van der Waals surface area contributed by atoms with E-state index in [0.29, 0.717) is 11.8 Å². The molecule has 1 amide bonds. The highest BCUT2D eigenvalue weighted by Crippen LogP contribution is 2.37. The summed E-state index contributed by atoms with van der Waals surface area (Å²) in [5.41, 5.74) is -0.167. The van der Waals surface area contributed by atoms with Crippen molar-refractivity contribution in [1.29, 1.82) is 0 Å². The number of carbonyl (C=O) groups excluding carboxylic acids is 1. The molecule has 0 aromatic rings. The number of ether oxygens (including phenoxy) is 1. The van der Waals surface area contributed by atoms with Crippen LogP contribution in [0.15, 0.2) is 0 Å². The lowest BCUT2D eigenvalue weighted by molar-refractivity contribution is -0.133. The van der Waals surface area contributed by atoms with Crippen molar-refractivity contribution in [2.24, 2.45) is 5.92 Å². The zero-order valence-corrected chi connectivity index (χ0v) is 13.2. The molecule has 0 bridgehead atoms. The zero-order valence-electron chi connectivity index (χ0n) is 13.2. The zero-order chi connectivity index (χ0) is 14.5. The second-order valence-corrected chi connectivity index (χ2v) is 7.06. The fraction of sp³-hybridized carbons (Fsp3) is 0.941. The first-order valence-electron chi connectivity index (χ1n) is 8.92. The Bertz CT molecular complexity index is 341. The fourth-order valence-electron chi connectivity index (χ4n) is 4.38. The van der Waals surface area contributed by atoms with Gasteiger partial charge in [0.05, 0.1) is 0 Å². The molecule has 4 heteroatoms. The summed E-state index contributed by atoms with van der Waals surface area (Å²) in [6, 6.07) is 0. The lowest BCUT2D eigenvalue weighted by Gasteiger charge is -2.37. The van der Waals surface area contributed by atoms with Gasteiger partial charge < -0.3 is 10.1 Å². The van der Waals surface area contributed by atoms with Crippen LogP contribution in [0, 0.1) is 5.92 Å². The van der Waals surface area contributed by atoms with Gasteiger partial charge in [-0.25, -0.2) is 0 Å². The molecule has 0 unspecified atom stereocenters. The third-order valence-electron chi connectivity index (χ3n) is 5.66. The molecule has 0 radical (unpaired) electrons. The van der Waals surface area contributed by atoms with E-state index in [4.69, 9.17) is 4.74 Å². The van der Waals surface area contributed by atoms with E-state index in [9.17, 15) is 4.79 Å². The van der Waals surface area contributed by atoms with Crippen LogP contribution >= 0.6 is 0 Å². The Kier molecular flexibility index (Phi) is 5.17. The molecule has 3 fully saturated rings. The number of nitrogens with one attached hydrogen (secondary N) is 1. The van der Waals surface area contributed by atoms with Crippen molar-refractivity contribution in [1.82, 2.24) is 10.2 Å². The van der Waals surface area contributed by atoms with Gasteiger partial charge in [-0.3, -0.25) is 9.69 Å². The summed E-state index contributed by atoms with van der Waals surface area (Å²) in [5, 5.41) is 3.25. The molecule has 1 aliphatic carbocycles. The van der Waals surface area contributed by atoms with Gasteiger partial charge in [0, 0.05) is 19.8 Å². The van der Waals surface area contributed by atoms with E-state index in [0.717, 1.165) is 52.1 Å². The van der Waals surface area contributed by atoms with E-state index in [1.54, 1.807) is 0 Å². The van der Waals surface area contributed by atoms with Crippen LogP contribution < -0.4 is 5.32 Å². The summed E-state index contributed by atoms with van der Waals surface area (Å²) < 4.78 is 5.52. The van der Waals surface area contributed by atoms with E-state index in [-0.39, 0.29) is 5.54 Å². The monoisotopic (exact) mass is 294 g/mol. The first-order chi connectivity index (χ1) is 10.3. The van der Waals surface area contributed by atoms with Gasteiger partial charge >= 0.3 is 0 Å². The van der Waals surface area contributed by atoms with Crippen molar-refractivity contribution in [2.75, 3.05) is 32.8 Å². The second kappa shape index (κ2) is 7.10. The molecule has 2 saturated heterocycles. The predicted octanol–water partition coefficient (Wildman–Crippen LogP) is 2.33. The Morgan fingerprint density at radius 3 is 2.57 bits per heavy atom. The van der Waals surface area contributed by atoms with Crippen LogP contribution in [0.1, 0.15) is 57.8 Å². The van der Waals surface area contributed by atoms with Gasteiger partial charge in [0.1, 0.15) is 5.54 Å². The summed E-state index contributed by atoms with van der Waals surface area (Å²) in [6.45, 7) is 4.85. The maximum Gasteiger partial charge on any atom is 0.240 e. The van der Waals surface area contributed by atoms with Crippen LogP contribution in [0.2, 0.25) is 0 Å². The Labute approximate surface area is 128 Å². The van der Waals surface area contributed by atoms with E-state index < -0.39 is 0 Å². The molecule has 0 spiro atoms. The van der Waals surface area contributed by atoms with E-state index in [2.05, 4.69) is 10.2 Å². The molecule has 21 heavy (non-hydrogen) atoms. The van der Waals surface area contributed by atoms with Crippen LogP contribution in [0.25, 0.3) is 0 Å². The van der Waals surface area contributed by atoms with Gasteiger partial charge in [0.2, 0.25) is 5.91 Å². The Morgan fingerprint density at radius 2 is 1.90 bits per heavy atom. The van der Waals surface area contributed by atoms with Gasteiger partial charge in [-0.2, -0.15) is 0 Å². The van der Waals surface area contributed by atoms with Gasteiger partial charge in [0.15, 0.2) is 0 Å². The average molecular weight is 294 g/mol. The lowest BCUT2D eigenvalue weighted by atomic mass is 9.93. The summed E-state index contributed by atoms with van der Waals surface area (Å²) in [5.74, 6) is 0.948. The predicted molar refractivity (Wildman–Crippen MR) is 83.2 cm³/mol. The third-order valence-corrected chi connectivity index (χ3v) is 5.66. The molecular formula is C17H30N2O2. The standard InChI is InChI=1S/C17H30N2O2/c20-16(18-10-7-15-6-5-13-21-14-15)17(8-1-2-9-17)19-11-3-4-12-19/h15H,1-14H2,(H,18,20)/t15-/m0/s1. The first-order valence-corrected chi connectivity index (χ1v) is 8.92. The number of hydrogen-bond acceptors (Lipinski definition) is 3. The summed E-state index contributed by atoms with van der Waals surface area (Å²) in [4.78, 5) is 15.3. The molecule has 0 aromatic heterocycles. The highest BCUT2D eigenvalue weighted by molar-refractivity contribution is 5.86. The minimum absolute atomic E-state index is 0.167. The van der Waals surface area contributed by atoms with Crippen LogP contribution in [-0.4, -0.2) is 49.2 Å². The molecule has 3 rings (SSSR count). The quantitative estimate of drug-likeness (QED) is 0.846. The molecule has 4 nitrogen and oxygen atoms in total. The molecular weight excluding hydrogens is 264 g/mol. The van der Waals surface area contributed by atoms with Gasteiger partial charge in [-0.05, 0) is 64.0 Å². The topological polar surface area (TPSA) is 41.6 Å². The molecule has 3 aliphatic rings. The largest absolute Gasteiger partial charge is 0.381 e. The number of carbonyl (C=O) groups is 1. The van der Waals surface area contributed by atoms with Gasteiger partial charge in [-0.15, -0.1) is 0 Å². The molecule has 0 aromatic carbocycles. The molecule has 120 valence electrons. The Balaban J connectivity index is 1.50. The summed E-state index contributed by atoms with van der Waals surface area (Å²) in [7, 11) is 0. The Hall–Kier alpha value is -0.610. The van der Waals surface area contributed by atoms with Crippen molar-refractivity contribution < 1.29 is 9.53 Å². The minimum Gasteiger partial charge on any atom is -0.381 e. The van der Waals surface area contributed by atoms with E-state index >= 15 is 0 Å². The normalized spacial score (nSPS) is 29.6. The SMILES string of the molecule is O=C(NCC[C@@H]1CCCOC1)C1(N2CCCC2)CCCC1. The minimum atomic E-state index is -0.167. The van der Waals surface area contributed by atoms with Crippen molar-refractivity contribution in [3.63, 3.8) is 0 Å². The van der Waals surface area contributed by atoms with Crippen LogP contribution in [-0.2, 0) is 9.53 Å². The van der Waals surface area contributed by atoms with E-state index in [1.807, 2.05) is 0 Å². The smallest absolute Gasteiger partial charge is 0.240 e. The second-order valence-electron chi connectivity index (χ2n) is 7.06. The number of hydrogen-bond donors (Lipinski definition) is 1. The fourth-order valence-corrected chi connectivity index (χ4v) is 4.38. The first kappa shape index (κ1) is 15.3. The van der Waals surface area contributed by atoms with Crippen molar-refractivity contribution in [3.8, 4) is 0 Å². The van der Waals surface area contributed by atoms with Crippen molar-refractivity contribution in [3.05, 3.63) is 0 Å². The Morgan fingerprint density at radius 1 is 1.14 bits per heavy atom. The van der Waals surface area contributed by atoms with E-state index in [1.165, 1.54) is 38.5 Å². The number of likely N-dealkylation sites (tertiary alicyclic amines) is 1. The molecule has 1 atom stereocenters. The van der Waals surface area contributed by atoms with Gasteiger partial charge in [0.25, 0.3) is 0 Å². The number of amides is 1. The maximum absolute atomic E-state index is 12.8. The van der Waals surface area contributed by atoms with Crippen molar-refractivity contribution in [2.45, 2.75) is 63.3 Å². The van der Waals surface area contributed by atoms with Crippen LogP contribution in [0.4, 0.5) is 0 Å². The highest BCUT2D eigenvalue weighted by Gasteiger charge is 2.46. The summed E-state index contributed by atoms with van der Waals surface area (Å²) >= 11 is 0.